The van der Waals surface area contributed by atoms with Gasteiger partial charge in [-0.3, -0.25) is 0 Å². The van der Waals surface area contributed by atoms with Crippen LogP contribution in [0.1, 0.15) is 26.2 Å². The van der Waals surface area contributed by atoms with Crippen LogP contribution in [0.15, 0.2) is 48.5 Å². The number of benzene rings is 2. The molecule has 0 radical (unpaired) electrons. The average Bonchev–Trinajstić information content (AvgIpc) is 2.85. The first-order valence-electron chi connectivity index (χ1n) is 7.95. The second kappa shape index (κ2) is 6.77. The lowest BCUT2D eigenvalue weighted by Crippen LogP contribution is -2.06. The third-order valence-corrected chi connectivity index (χ3v) is 4.03. The third-order valence-electron chi connectivity index (χ3n) is 4.03. The lowest BCUT2D eigenvalue weighted by atomic mass is 10.2. The molecule has 0 fully saturated rings. The molecule has 110 valence electrons. The van der Waals surface area contributed by atoms with Crippen LogP contribution in [0.2, 0.25) is 0 Å². The first-order chi connectivity index (χ1) is 10.4. The first-order valence-corrected chi connectivity index (χ1v) is 7.95. The van der Waals surface area contributed by atoms with Crippen LogP contribution >= 0.6 is 0 Å². The van der Waals surface area contributed by atoms with Crippen molar-refractivity contribution in [2.24, 2.45) is 0 Å². The van der Waals surface area contributed by atoms with Crippen molar-refractivity contribution in [2.45, 2.75) is 32.7 Å². The van der Waals surface area contributed by atoms with Crippen molar-refractivity contribution in [3.63, 3.8) is 0 Å². The van der Waals surface area contributed by atoms with Crippen LogP contribution in [0.3, 0.4) is 0 Å². The van der Waals surface area contributed by atoms with E-state index in [9.17, 15) is 0 Å². The van der Waals surface area contributed by atoms with Crippen molar-refractivity contribution in [2.75, 3.05) is 13.2 Å². The lowest BCUT2D eigenvalue weighted by Gasteiger charge is -2.08. The molecule has 2 nitrogen and oxygen atoms in total. The Bertz CT molecular complexity index is 660. The Kier molecular flexibility index (Phi) is 4.56. The smallest absolute Gasteiger partial charge is 0.0645 e. The van der Waals surface area contributed by atoms with Gasteiger partial charge in [0.15, 0.2) is 0 Å². The number of hydrogen-bond donors (Lipinski definition) is 0. The van der Waals surface area contributed by atoms with Crippen molar-refractivity contribution in [3.05, 3.63) is 48.5 Å². The molecule has 2 heteroatoms. The minimum Gasteiger partial charge on any atom is -0.380 e. The Morgan fingerprint density at radius 1 is 0.810 bits per heavy atom. The molecular formula is C19H23NO. The summed E-state index contributed by atoms with van der Waals surface area (Å²) < 4.78 is 8.17. The number of para-hydroxylation sites is 2. The van der Waals surface area contributed by atoms with E-state index in [0.717, 1.165) is 19.8 Å². The van der Waals surface area contributed by atoms with Gasteiger partial charge in [-0.2, -0.15) is 0 Å². The maximum absolute atomic E-state index is 5.79. The summed E-state index contributed by atoms with van der Waals surface area (Å²) in [6, 6.07) is 17.3. The second-order valence-corrected chi connectivity index (χ2v) is 5.51. The highest BCUT2D eigenvalue weighted by Crippen LogP contribution is 2.28. The van der Waals surface area contributed by atoms with Crippen LogP contribution in [0.4, 0.5) is 0 Å². The number of hydrogen-bond acceptors (Lipinski definition) is 1. The maximum Gasteiger partial charge on any atom is 0.0645 e. The predicted octanol–water partition coefficient (Wildman–Crippen LogP) is 5.00. The summed E-state index contributed by atoms with van der Waals surface area (Å²) in [5, 5.41) is 2.66. The fraction of sp³-hybridized carbons (Fsp3) is 0.368. The summed E-state index contributed by atoms with van der Waals surface area (Å²) in [5.74, 6) is 0. The van der Waals surface area contributed by atoms with Crippen molar-refractivity contribution in [1.82, 2.24) is 4.57 Å². The fourth-order valence-corrected chi connectivity index (χ4v) is 2.96. The number of aromatic nitrogens is 1. The summed E-state index contributed by atoms with van der Waals surface area (Å²) in [7, 11) is 0. The Hall–Kier alpha value is -1.80. The molecule has 0 aliphatic rings. The summed E-state index contributed by atoms with van der Waals surface area (Å²) in [6.07, 6.45) is 3.68. The van der Waals surface area contributed by atoms with Crippen molar-refractivity contribution < 1.29 is 4.74 Å². The third kappa shape index (κ3) is 2.96. The fourth-order valence-electron chi connectivity index (χ4n) is 2.96. The summed E-state index contributed by atoms with van der Waals surface area (Å²) in [6.45, 7) is 4.80. The molecule has 0 bridgehead atoms. The predicted molar refractivity (Wildman–Crippen MR) is 89.8 cm³/mol. The van der Waals surface area contributed by atoms with Gasteiger partial charge < -0.3 is 9.30 Å². The number of fused-ring (bicyclic) bond motifs is 3. The van der Waals surface area contributed by atoms with E-state index in [-0.39, 0.29) is 0 Å². The van der Waals surface area contributed by atoms with Gasteiger partial charge >= 0.3 is 0 Å². The van der Waals surface area contributed by atoms with E-state index in [1.807, 2.05) is 0 Å². The van der Waals surface area contributed by atoms with E-state index < -0.39 is 0 Å². The van der Waals surface area contributed by atoms with Gasteiger partial charge in [-0.25, -0.2) is 0 Å². The minimum absolute atomic E-state index is 0.784. The van der Waals surface area contributed by atoms with Gasteiger partial charge in [-0.05, 0) is 18.6 Å². The molecule has 0 saturated carbocycles. The van der Waals surface area contributed by atoms with Crippen LogP contribution in [0.5, 0.6) is 0 Å². The number of ether oxygens (including phenoxy) is 1. The highest BCUT2D eigenvalue weighted by molar-refractivity contribution is 6.07. The monoisotopic (exact) mass is 281 g/mol. The molecule has 0 atom stereocenters. The molecule has 3 aromatic rings. The van der Waals surface area contributed by atoms with Crippen molar-refractivity contribution in [1.29, 1.82) is 0 Å². The van der Waals surface area contributed by atoms with Gasteiger partial charge in [0.2, 0.25) is 0 Å². The average molecular weight is 281 g/mol. The molecule has 2 aromatic carbocycles. The number of nitrogens with zero attached hydrogens (tertiary/aromatic N) is 1. The van der Waals surface area contributed by atoms with Crippen molar-refractivity contribution >= 4 is 21.8 Å². The molecule has 0 N–H and O–H groups in total. The number of rotatable bonds is 7. The zero-order chi connectivity index (χ0) is 14.5. The van der Waals surface area contributed by atoms with Gasteiger partial charge in [0.25, 0.3) is 0 Å². The largest absolute Gasteiger partial charge is 0.380 e. The molecule has 0 amide bonds. The molecule has 0 spiro atoms. The summed E-state index contributed by atoms with van der Waals surface area (Å²) >= 11 is 0. The standard InChI is InChI=1S/C19H23NO/c1-2-3-8-14-21-15-13-20-18-11-6-4-9-16(18)17-10-5-7-12-19(17)20/h4-7,9-12H,2-3,8,13-15H2,1H3. The molecule has 0 aliphatic heterocycles. The SMILES string of the molecule is CCCCCOCCn1c2ccccc2c2ccccc21. The molecule has 1 aromatic heterocycles. The zero-order valence-electron chi connectivity index (χ0n) is 12.7. The topological polar surface area (TPSA) is 14.2 Å². The van der Waals surface area contributed by atoms with E-state index in [0.29, 0.717) is 0 Å². The summed E-state index contributed by atoms with van der Waals surface area (Å²) in [5.41, 5.74) is 2.60. The molecule has 0 aliphatic carbocycles. The Morgan fingerprint density at radius 3 is 2.05 bits per heavy atom. The van der Waals surface area contributed by atoms with Crippen molar-refractivity contribution in [3.8, 4) is 0 Å². The van der Waals surface area contributed by atoms with Crippen LogP contribution in [-0.4, -0.2) is 17.8 Å². The minimum atomic E-state index is 0.784. The van der Waals surface area contributed by atoms with Gasteiger partial charge in [0.1, 0.15) is 0 Å². The van der Waals surface area contributed by atoms with E-state index >= 15 is 0 Å². The molecule has 3 rings (SSSR count). The molecule has 1 heterocycles. The Balaban J connectivity index is 1.80. The lowest BCUT2D eigenvalue weighted by molar-refractivity contribution is 0.124. The highest BCUT2D eigenvalue weighted by Gasteiger charge is 2.08. The maximum atomic E-state index is 5.79. The van der Waals surface area contributed by atoms with E-state index in [1.165, 1.54) is 41.1 Å². The molecule has 0 unspecified atom stereocenters. The van der Waals surface area contributed by atoms with Crippen LogP contribution in [-0.2, 0) is 11.3 Å². The molecular weight excluding hydrogens is 258 g/mol. The van der Waals surface area contributed by atoms with E-state index in [2.05, 4.69) is 60.0 Å². The van der Waals surface area contributed by atoms with Gasteiger partial charge in [-0.1, -0.05) is 56.2 Å². The zero-order valence-corrected chi connectivity index (χ0v) is 12.7. The first kappa shape index (κ1) is 14.2. The Morgan fingerprint density at radius 2 is 1.43 bits per heavy atom. The van der Waals surface area contributed by atoms with Crippen LogP contribution in [0, 0.1) is 0 Å². The quantitative estimate of drug-likeness (QED) is 0.556. The molecule has 0 saturated heterocycles. The van der Waals surface area contributed by atoms with E-state index in [1.54, 1.807) is 0 Å². The highest BCUT2D eigenvalue weighted by atomic mass is 16.5. The van der Waals surface area contributed by atoms with Gasteiger partial charge in [-0.15, -0.1) is 0 Å². The van der Waals surface area contributed by atoms with Gasteiger partial charge in [0.05, 0.1) is 6.61 Å². The second-order valence-electron chi connectivity index (χ2n) is 5.51. The number of unbranched alkanes of at least 4 members (excludes halogenated alkanes) is 2. The Labute approximate surface area is 126 Å². The molecule has 21 heavy (non-hydrogen) atoms. The summed E-state index contributed by atoms with van der Waals surface area (Å²) in [4.78, 5) is 0. The van der Waals surface area contributed by atoms with E-state index in [4.69, 9.17) is 4.74 Å². The van der Waals surface area contributed by atoms with Crippen LogP contribution < -0.4 is 0 Å². The normalized spacial score (nSPS) is 11.5. The van der Waals surface area contributed by atoms with Gasteiger partial charge in [0, 0.05) is 35.0 Å². The van der Waals surface area contributed by atoms with Crippen LogP contribution in [0.25, 0.3) is 21.8 Å².